The van der Waals surface area contributed by atoms with Crippen LogP contribution in [0.25, 0.3) is 0 Å². The number of rotatable bonds is 7. The van der Waals surface area contributed by atoms with Gasteiger partial charge in [-0.2, -0.15) is 0 Å². The first-order valence-electron chi connectivity index (χ1n) is 11.7. The van der Waals surface area contributed by atoms with Gasteiger partial charge in [0, 0.05) is 51.3 Å². The molecule has 0 unspecified atom stereocenters. The molecule has 3 aliphatic rings. The number of sulfonamides is 1. The lowest BCUT2D eigenvalue weighted by molar-refractivity contribution is -0.134. The molecule has 8 nitrogen and oxygen atoms in total. The van der Waals surface area contributed by atoms with Crippen molar-refractivity contribution in [2.75, 3.05) is 37.7 Å². The predicted octanol–water partition coefficient (Wildman–Crippen LogP) is 2.07. The van der Waals surface area contributed by atoms with Crippen LogP contribution in [0.2, 0.25) is 0 Å². The number of hydrogen-bond acceptors (Lipinski definition) is 5. The number of ether oxygens (including phenoxy) is 1. The third-order valence-corrected chi connectivity index (χ3v) is 8.19. The molecule has 0 radical (unpaired) electrons. The SMILES string of the molecule is CC1CCN(C(=O)CCC(=O)N2CCc3cc(S(=O)(=O)NC[C@@H]4CCCO4)ccc32)CC1. The first-order chi connectivity index (χ1) is 15.3. The Labute approximate surface area is 190 Å². The van der Waals surface area contributed by atoms with E-state index in [2.05, 4.69) is 11.6 Å². The molecule has 0 aromatic heterocycles. The summed E-state index contributed by atoms with van der Waals surface area (Å²) in [6.07, 6.45) is 4.80. The highest BCUT2D eigenvalue weighted by Crippen LogP contribution is 2.31. The fourth-order valence-corrected chi connectivity index (χ4v) is 5.78. The molecule has 1 atom stereocenters. The van der Waals surface area contributed by atoms with E-state index in [0.29, 0.717) is 25.5 Å². The lowest BCUT2D eigenvalue weighted by Crippen LogP contribution is -2.38. The molecule has 4 rings (SSSR count). The number of carbonyl (C=O) groups is 2. The van der Waals surface area contributed by atoms with Gasteiger partial charge >= 0.3 is 0 Å². The topological polar surface area (TPSA) is 96.0 Å². The summed E-state index contributed by atoms with van der Waals surface area (Å²) in [6, 6.07) is 4.90. The van der Waals surface area contributed by atoms with Gasteiger partial charge in [-0.15, -0.1) is 0 Å². The van der Waals surface area contributed by atoms with E-state index in [1.54, 1.807) is 23.1 Å². The second-order valence-electron chi connectivity index (χ2n) is 9.14. The van der Waals surface area contributed by atoms with Crippen molar-refractivity contribution in [2.24, 2.45) is 5.92 Å². The number of carbonyl (C=O) groups excluding carboxylic acids is 2. The Balaban J connectivity index is 1.33. The monoisotopic (exact) mass is 463 g/mol. The average molecular weight is 464 g/mol. The van der Waals surface area contributed by atoms with E-state index in [-0.39, 0.29) is 42.2 Å². The Morgan fingerprint density at radius 3 is 2.56 bits per heavy atom. The van der Waals surface area contributed by atoms with E-state index in [9.17, 15) is 18.0 Å². The molecular formula is C23H33N3O5S. The van der Waals surface area contributed by atoms with Gasteiger partial charge in [0.05, 0.1) is 11.0 Å². The van der Waals surface area contributed by atoms with E-state index >= 15 is 0 Å². The lowest BCUT2D eigenvalue weighted by Gasteiger charge is -2.30. The number of fused-ring (bicyclic) bond motifs is 1. The van der Waals surface area contributed by atoms with Crippen molar-refractivity contribution < 1.29 is 22.7 Å². The van der Waals surface area contributed by atoms with Crippen LogP contribution < -0.4 is 9.62 Å². The molecule has 2 fully saturated rings. The van der Waals surface area contributed by atoms with Crippen LogP contribution in [0.5, 0.6) is 0 Å². The first kappa shape index (κ1) is 23.2. The molecule has 1 aromatic rings. The molecule has 3 heterocycles. The molecule has 0 spiro atoms. The lowest BCUT2D eigenvalue weighted by atomic mass is 9.99. The third kappa shape index (κ3) is 5.32. The summed E-state index contributed by atoms with van der Waals surface area (Å²) in [5.41, 5.74) is 1.59. The Bertz CT molecular complexity index is 950. The van der Waals surface area contributed by atoms with Crippen molar-refractivity contribution in [3.05, 3.63) is 23.8 Å². The summed E-state index contributed by atoms with van der Waals surface area (Å²) in [5.74, 6) is 0.611. The van der Waals surface area contributed by atoms with Crippen LogP contribution in [0.3, 0.4) is 0 Å². The number of amides is 2. The van der Waals surface area contributed by atoms with Crippen LogP contribution in [0, 0.1) is 5.92 Å². The molecule has 0 bridgehead atoms. The summed E-state index contributed by atoms with van der Waals surface area (Å²) in [4.78, 5) is 29.0. The fourth-order valence-electron chi connectivity index (χ4n) is 4.66. The van der Waals surface area contributed by atoms with Gasteiger partial charge in [-0.3, -0.25) is 9.59 Å². The van der Waals surface area contributed by atoms with Crippen molar-refractivity contribution in [2.45, 2.75) is 62.9 Å². The van der Waals surface area contributed by atoms with Gasteiger partial charge in [-0.1, -0.05) is 6.92 Å². The van der Waals surface area contributed by atoms with Crippen molar-refractivity contribution in [3.8, 4) is 0 Å². The highest BCUT2D eigenvalue weighted by molar-refractivity contribution is 7.89. The fraction of sp³-hybridized carbons (Fsp3) is 0.652. The molecule has 9 heteroatoms. The minimum atomic E-state index is -3.63. The molecule has 2 saturated heterocycles. The Hall–Kier alpha value is -1.97. The van der Waals surface area contributed by atoms with Crippen LogP contribution in [0.1, 0.15) is 51.0 Å². The minimum Gasteiger partial charge on any atom is -0.377 e. The smallest absolute Gasteiger partial charge is 0.240 e. The number of nitrogens with one attached hydrogen (secondary N) is 1. The summed E-state index contributed by atoms with van der Waals surface area (Å²) >= 11 is 0. The molecule has 2 amide bonds. The molecular weight excluding hydrogens is 430 g/mol. The average Bonchev–Trinajstić information content (AvgIpc) is 3.46. The summed E-state index contributed by atoms with van der Waals surface area (Å²) < 4.78 is 33.4. The van der Waals surface area contributed by atoms with E-state index in [1.807, 2.05) is 4.90 Å². The van der Waals surface area contributed by atoms with E-state index in [4.69, 9.17) is 4.74 Å². The molecule has 176 valence electrons. The zero-order chi connectivity index (χ0) is 22.7. The van der Waals surface area contributed by atoms with Crippen molar-refractivity contribution in [1.82, 2.24) is 9.62 Å². The highest BCUT2D eigenvalue weighted by Gasteiger charge is 2.28. The number of anilines is 1. The second kappa shape index (κ2) is 9.89. The standard InChI is InChI=1S/C23H33N3O5S/c1-17-8-11-25(12-9-17)22(27)6-7-23(28)26-13-10-18-15-20(4-5-21(18)26)32(29,30)24-16-19-3-2-14-31-19/h4-5,15,17,19,24H,2-3,6-14,16H2,1H3/t19-/m0/s1. The number of hydrogen-bond donors (Lipinski definition) is 1. The molecule has 1 N–H and O–H groups in total. The maximum Gasteiger partial charge on any atom is 0.240 e. The van der Waals surface area contributed by atoms with Crippen LogP contribution in [0.15, 0.2) is 23.1 Å². The van der Waals surface area contributed by atoms with E-state index < -0.39 is 10.0 Å². The first-order valence-corrected chi connectivity index (χ1v) is 13.1. The van der Waals surface area contributed by atoms with Gasteiger partial charge in [0.25, 0.3) is 0 Å². The maximum absolute atomic E-state index is 12.8. The van der Waals surface area contributed by atoms with Gasteiger partial charge in [0.2, 0.25) is 21.8 Å². The third-order valence-electron chi connectivity index (χ3n) is 6.77. The molecule has 3 aliphatic heterocycles. The van der Waals surface area contributed by atoms with Crippen molar-refractivity contribution in [3.63, 3.8) is 0 Å². The maximum atomic E-state index is 12.8. The van der Waals surface area contributed by atoms with Gasteiger partial charge < -0.3 is 14.5 Å². The van der Waals surface area contributed by atoms with Crippen LogP contribution in [-0.4, -0.2) is 64.0 Å². The Morgan fingerprint density at radius 2 is 1.84 bits per heavy atom. The predicted molar refractivity (Wildman–Crippen MR) is 121 cm³/mol. The molecule has 1 aromatic carbocycles. The minimum absolute atomic E-state index is 0.0448. The number of nitrogens with zero attached hydrogens (tertiary/aromatic N) is 2. The van der Waals surface area contributed by atoms with Gasteiger partial charge in [-0.25, -0.2) is 13.1 Å². The van der Waals surface area contributed by atoms with Crippen LogP contribution in [0.4, 0.5) is 5.69 Å². The van der Waals surface area contributed by atoms with Crippen LogP contribution in [-0.2, 0) is 30.8 Å². The highest BCUT2D eigenvalue weighted by atomic mass is 32.2. The Kier molecular flexibility index (Phi) is 7.17. The van der Waals surface area contributed by atoms with E-state index in [0.717, 1.165) is 50.0 Å². The normalized spacial score (nSPS) is 21.7. The van der Waals surface area contributed by atoms with Gasteiger partial charge in [0.1, 0.15) is 0 Å². The number of benzene rings is 1. The van der Waals surface area contributed by atoms with Gasteiger partial charge in [-0.05, 0) is 61.8 Å². The molecule has 0 aliphatic carbocycles. The van der Waals surface area contributed by atoms with Gasteiger partial charge in [0.15, 0.2) is 0 Å². The molecule has 32 heavy (non-hydrogen) atoms. The zero-order valence-electron chi connectivity index (χ0n) is 18.7. The quantitative estimate of drug-likeness (QED) is 0.668. The second-order valence-corrected chi connectivity index (χ2v) is 10.9. The van der Waals surface area contributed by atoms with Crippen molar-refractivity contribution >= 4 is 27.5 Å². The van der Waals surface area contributed by atoms with Crippen molar-refractivity contribution in [1.29, 1.82) is 0 Å². The number of piperidine rings is 1. The van der Waals surface area contributed by atoms with E-state index in [1.165, 1.54) is 0 Å². The number of likely N-dealkylation sites (tertiary alicyclic amines) is 1. The zero-order valence-corrected chi connectivity index (χ0v) is 19.5. The Morgan fingerprint density at radius 1 is 1.09 bits per heavy atom. The summed E-state index contributed by atoms with van der Waals surface area (Å²) in [5, 5.41) is 0. The summed E-state index contributed by atoms with van der Waals surface area (Å²) in [6.45, 7) is 5.22. The largest absolute Gasteiger partial charge is 0.377 e. The summed E-state index contributed by atoms with van der Waals surface area (Å²) in [7, 11) is -3.63. The molecule has 0 saturated carbocycles. The van der Waals surface area contributed by atoms with Crippen LogP contribution >= 0.6 is 0 Å².